The summed E-state index contributed by atoms with van der Waals surface area (Å²) in [6.07, 6.45) is 1.82. The van der Waals surface area contributed by atoms with E-state index in [1.54, 1.807) is 11.0 Å². The number of aromatic nitrogens is 1. The Morgan fingerprint density at radius 3 is 2.88 bits per heavy atom. The van der Waals surface area contributed by atoms with Gasteiger partial charge in [-0.1, -0.05) is 5.16 Å². The minimum atomic E-state index is -0.150. The predicted octanol–water partition coefficient (Wildman–Crippen LogP) is 3.12. The van der Waals surface area contributed by atoms with Gasteiger partial charge >= 0.3 is 6.03 Å². The third-order valence-corrected chi connectivity index (χ3v) is 4.28. The van der Waals surface area contributed by atoms with Crippen LogP contribution < -0.4 is 14.8 Å². The number of nitrogens with zero attached hydrogens (tertiary/aromatic N) is 2. The van der Waals surface area contributed by atoms with E-state index in [9.17, 15) is 4.79 Å². The molecule has 0 saturated carbocycles. The van der Waals surface area contributed by atoms with Gasteiger partial charge in [0, 0.05) is 24.4 Å². The molecule has 0 bridgehead atoms. The van der Waals surface area contributed by atoms with Crippen LogP contribution in [0.1, 0.15) is 30.3 Å². The average Bonchev–Trinajstić information content (AvgIpc) is 3.23. The van der Waals surface area contributed by atoms with Gasteiger partial charge in [0.25, 0.3) is 0 Å². The van der Waals surface area contributed by atoms with E-state index in [0.29, 0.717) is 36.9 Å². The van der Waals surface area contributed by atoms with Crippen LogP contribution >= 0.6 is 0 Å². The number of carbonyl (C=O) groups is 1. The van der Waals surface area contributed by atoms with Crippen molar-refractivity contribution in [3.8, 4) is 11.5 Å². The van der Waals surface area contributed by atoms with Crippen LogP contribution in [0.4, 0.5) is 10.5 Å². The van der Waals surface area contributed by atoms with E-state index >= 15 is 0 Å². The molecule has 4 rings (SSSR count). The van der Waals surface area contributed by atoms with Crippen molar-refractivity contribution in [3.05, 3.63) is 35.7 Å². The Balaban J connectivity index is 1.49. The van der Waals surface area contributed by atoms with Gasteiger partial charge in [0.2, 0.25) is 0 Å². The number of aryl methyl sites for hydroxylation is 1. The molecule has 3 heterocycles. The normalized spacial score (nSPS) is 19.4. The van der Waals surface area contributed by atoms with Crippen LogP contribution in [-0.2, 0) is 0 Å². The van der Waals surface area contributed by atoms with Crippen molar-refractivity contribution in [2.24, 2.45) is 0 Å². The molecule has 126 valence electrons. The smallest absolute Gasteiger partial charge is 0.322 e. The Bertz CT molecular complexity index is 758. The molecule has 0 unspecified atom stereocenters. The summed E-state index contributed by atoms with van der Waals surface area (Å²) >= 11 is 0. The number of carbonyl (C=O) groups excluding carboxylic acids is 1. The number of urea groups is 1. The third kappa shape index (κ3) is 2.77. The van der Waals surface area contributed by atoms with E-state index in [-0.39, 0.29) is 12.1 Å². The number of anilines is 1. The topological polar surface area (TPSA) is 76.8 Å². The fraction of sp³-hybridized carbons (Fsp3) is 0.412. The van der Waals surface area contributed by atoms with E-state index in [1.165, 1.54) is 0 Å². The molecule has 1 saturated heterocycles. The van der Waals surface area contributed by atoms with Crippen LogP contribution in [0.2, 0.25) is 0 Å². The second-order valence-electron chi connectivity index (χ2n) is 6.01. The Labute approximate surface area is 139 Å². The van der Waals surface area contributed by atoms with Crippen molar-refractivity contribution in [1.29, 1.82) is 0 Å². The van der Waals surface area contributed by atoms with E-state index in [4.69, 9.17) is 14.0 Å². The third-order valence-electron chi connectivity index (χ3n) is 4.28. The number of rotatable bonds is 2. The van der Waals surface area contributed by atoms with Crippen molar-refractivity contribution in [2.45, 2.75) is 25.8 Å². The highest BCUT2D eigenvalue weighted by Gasteiger charge is 2.32. The number of ether oxygens (including phenoxy) is 2. The summed E-state index contributed by atoms with van der Waals surface area (Å²) in [5, 5.41) is 6.85. The maximum atomic E-state index is 12.7. The van der Waals surface area contributed by atoms with E-state index in [0.717, 1.165) is 24.3 Å². The van der Waals surface area contributed by atoms with Crippen LogP contribution in [0.15, 0.2) is 28.8 Å². The van der Waals surface area contributed by atoms with Gasteiger partial charge in [0.1, 0.15) is 13.2 Å². The Kier molecular flexibility index (Phi) is 3.76. The van der Waals surface area contributed by atoms with E-state index in [2.05, 4.69) is 10.5 Å². The molecule has 0 radical (unpaired) electrons. The van der Waals surface area contributed by atoms with Crippen molar-refractivity contribution in [2.75, 3.05) is 25.1 Å². The van der Waals surface area contributed by atoms with Crippen LogP contribution in [0.3, 0.4) is 0 Å². The minimum Gasteiger partial charge on any atom is -0.486 e. The number of fused-ring (bicyclic) bond motifs is 1. The zero-order valence-electron chi connectivity index (χ0n) is 13.4. The predicted molar refractivity (Wildman–Crippen MR) is 86.4 cm³/mol. The van der Waals surface area contributed by atoms with Gasteiger partial charge in [-0.15, -0.1) is 0 Å². The van der Waals surface area contributed by atoms with Gasteiger partial charge in [-0.05, 0) is 31.9 Å². The number of hydrogen-bond acceptors (Lipinski definition) is 5. The average molecular weight is 329 g/mol. The lowest BCUT2D eigenvalue weighted by atomic mass is 10.1. The molecule has 1 aromatic heterocycles. The second-order valence-corrected chi connectivity index (χ2v) is 6.01. The monoisotopic (exact) mass is 329 g/mol. The molecule has 2 aliphatic rings. The summed E-state index contributed by atoms with van der Waals surface area (Å²) in [5.41, 5.74) is 1.51. The van der Waals surface area contributed by atoms with Crippen LogP contribution in [0.25, 0.3) is 0 Å². The summed E-state index contributed by atoms with van der Waals surface area (Å²) < 4.78 is 16.4. The number of likely N-dealkylation sites (tertiary alicyclic amines) is 1. The van der Waals surface area contributed by atoms with E-state index in [1.807, 2.05) is 25.1 Å². The van der Waals surface area contributed by atoms with Crippen molar-refractivity contribution >= 4 is 11.7 Å². The molecule has 2 aromatic rings. The molecule has 1 fully saturated rings. The largest absolute Gasteiger partial charge is 0.486 e. The lowest BCUT2D eigenvalue weighted by Crippen LogP contribution is -2.34. The molecule has 1 N–H and O–H groups in total. The van der Waals surface area contributed by atoms with Crippen LogP contribution in [-0.4, -0.2) is 35.8 Å². The number of benzene rings is 1. The Hall–Kier alpha value is -2.70. The fourth-order valence-electron chi connectivity index (χ4n) is 3.16. The first kappa shape index (κ1) is 14.9. The number of amides is 2. The maximum Gasteiger partial charge on any atom is 0.322 e. The summed E-state index contributed by atoms with van der Waals surface area (Å²) in [5.74, 6) is 2.10. The molecule has 0 aliphatic carbocycles. The fourth-order valence-corrected chi connectivity index (χ4v) is 3.16. The molecule has 7 heteroatoms. The summed E-state index contributed by atoms with van der Waals surface area (Å²) in [4.78, 5) is 14.4. The molecule has 2 aliphatic heterocycles. The van der Waals surface area contributed by atoms with Crippen LogP contribution in [0, 0.1) is 6.92 Å². The molecule has 1 aromatic carbocycles. The molecular formula is C17H19N3O4. The molecule has 0 spiro atoms. The Morgan fingerprint density at radius 1 is 1.25 bits per heavy atom. The van der Waals surface area contributed by atoms with Crippen molar-refractivity contribution in [3.63, 3.8) is 0 Å². The number of nitrogens with one attached hydrogen (secondary N) is 1. The van der Waals surface area contributed by atoms with Gasteiger partial charge < -0.3 is 24.2 Å². The highest BCUT2D eigenvalue weighted by molar-refractivity contribution is 5.90. The molecule has 1 atom stereocenters. The Morgan fingerprint density at radius 2 is 2.08 bits per heavy atom. The zero-order chi connectivity index (χ0) is 16.5. The van der Waals surface area contributed by atoms with Gasteiger partial charge in [0.05, 0.1) is 11.7 Å². The second kappa shape index (κ2) is 6.07. The minimum absolute atomic E-state index is 0.0663. The first-order chi connectivity index (χ1) is 11.7. The first-order valence-electron chi connectivity index (χ1n) is 8.11. The van der Waals surface area contributed by atoms with Crippen molar-refractivity contribution < 1.29 is 18.8 Å². The lowest BCUT2D eigenvalue weighted by Gasteiger charge is -2.24. The van der Waals surface area contributed by atoms with Crippen molar-refractivity contribution in [1.82, 2.24) is 10.1 Å². The van der Waals surface area contributed by atoms with Gasteiger partial charge in [0.15, 0.2) is 17.3 Å². The highest BCUT2D eigenvalue weighted by Crippen LogP contribution is 2.35. The van der Waals surface area contributed by atoms with Gasteiger partial charge in [-0.25, -0.2) is 4.79 Å². The molecule has 7 nitrogen and oxygen atoms in total. The van der Waals surface area contributed by atoms with Gasteiger partial charge in [-0.2, -0.15) is 0 Å². The summed E-state index contributed by atoms with van der Waals surface area (Å²) in [7, 11) is 0. The summed E-state index contributed by atoms with van der Waals surface area (Å²) in [6.45, 7) is 3.64. The van der Waals surface area contributed by atoms with Gasteiger partial charge in [-0.3, -0.25) is 0 Å². The maximum absolute atomic E-state index is 12.7. The van der Waals surface area contributed by atoms with E-state index < -0.39 is 0 Å². The first-order valence-corrected chi connectivity index (χ1v) is 8.11. The SMILES string of the molecule is Cc1cc([C@H]2CCCN2C(=O)Nc2ccc3c(c2)OCCO3)on1. The lowest BCUT2D eigenvalue weighted by molar-refractivity contribution is 0.171. The molecular weight excluding hydrogens is 310 g/mol. The highest BCUT2D eigenvalue weighted by atomic mass is 16.6. The van der Waals surface area contributed by atoms with Crippen LogP contribution in [0.5, 0.6) is 11.5 Å². The quantitative estimate of drug-likeness (QED) is 0.916. The standard InChI is InChI=1S/C17H19N3O4/c1-11-9-15(24-19-11)13-3-2-6-20(13)17(21)18-12-4-5-14-16(10-12)23-8-7-22-14/h4-5,9-10,13H,2-3,6-8H2,1H3,(H,18,21)/t13-/m1/s1. The molecule has 24 heavy (non-hydrogen) atoms. The zero-order valence-corrected chi connectivity index (χ0v) is 13.4. The number of hydrogen-bond donors (Lipinski definition) is 1. The summed E-state index contributed by atoms with van der Waals surface area (Å²) in [6, 6.07) is 7.09. The molecule has 2 amide bonds.